The van der Waals surface area contributed by atoms with Crippen molar-refractivity contribution >= 4 is 16.3 Å². The zero-order chi connectivity index (χ0) is 7.61. The smallest absolute Gasteiger partial charge is 0.275 e. The van der Waals surface area contributed by atoms with E-state index in [1.54, 1.807) is 0 Å². The standard InChI is InChI=1S/CH3N5O3S/c7-10(8,9)4-1-2-5-6-3-1/h(H,7,8,9)(H2,2,3,4,5,6)/p-1. The summed E-state index contributed by atoms with van der Waals surface area (Å²) in [5.41, 5.74) is 0. The summed E-state index contributed by atoms with van der Waals surface area (Å²) in [6.45, 7) is 0. The van der Waals surface area contributed by atoms with Crippen molar-refractivity contribution in [3.8, 4) is 0 Å². The van der Waals surface area contributed by atoms with Crippen LogP contribution in [0.15, 0.2) is 0 Å². The summed E-state index contributed by atoms with van der Waals surface area (Å²) in [7, 11) is -4.53. The molecule has 1 aromatic heterocycles. The van der Waals surface area contributed by atoms with Crippen LogP contribution in [-0.2, 0) is 10.3 Å². The molecule has 8 nitrogen and oxygen atoms in total. The minimum absolute atomic E-state index is 0.366. The Bertz CT molecular complexity index is 287. The van der Waals surface area contributed by atoms with Gasteiger partial charge in [-0.15, -0.1) is 5.10 Å². The third-order valence-electron chi connectivity index (χ3n) is 0.562. The maximum Gasteiger partial charge on any atom is 0.275 e. The van der Waals surface area contributed by atoms with Gasteiger partial charge in [0.2, 0.25) is 0 Å². The second-order valence-corrected chi connectivity index (χ2v) is 2.40. The molecule has 0 radical (unpaired) electrons. The highest BCUT2D eigenvalue weighted by Gasteiger charge is 1.98. The molecule has 0 aliphatic carbocycles. The number of aromatic amines is 1. The molecule has 0 spiro atoms. The Morgan fingerprint density at radius 3 is 2.70 bits per heavy atom. The van der Waals surface area contributed by atoms with Crippen LogP contribution in [0.2, 0.25) is 0 Å². The average molecular weight is 164 g/mol. The van der Waals surface area contributed by atoms with Crippen molar-refractivity contribution in [2.24, 2.45) is 0 Å². The van der Waals surface area contributed by atoms with Crippen molar-refractivity contribution in [2.75, 3.05) is 4.72 Å². The molecule has 0 saturated heterocycles. The van der Waals surface area contributed by atoms with Gasteiger partial charge in [-0.1, -0.05) is 5.10 Å². The van der Waals surface area contributed by atoms with Crippen LogP contribution in [0, 0.1) is 0 Å². The van der Waals surface area contributed by atoms with E-state index >= 15 is 0 Å². The van der Waals surface area contributed by atoms with Gasteiger partial charge in [0.05, 0.1) is 0 Å². The Hall–Kier alpha value is -1.22. The van der Waals surface area contributed by atoms with Crippen LogP contribution in [0.25, 0.3) is 0 Å². The lowest BCUT2D eigenvalue weighted by molar-refractivity contribution is 0.469. The molecule has 1 heterocycles. The molecule has 0 amide bonds. The molecule has 0 fully saturated rings. The van der Waals surface area contributed by atoms with Gasteiger partial charge in [0.1, 0.15) is 0 Å². The Balaban J connectivity index is 2.75. The average Bonchev–Trinajstić information content (AvgIpc) is 2.12. The predicted molar refractivity (Wildman–Crippen MR) is 27.5 cm³/mol. The molecule has 56 valence electrons. The SMILES string of the molecule is O=S(=O)([O-])Nc1nn[nH]n1. The fourth-order valence-corrected chi connectivity index (χ4v) is 0.627. The van der Waals surface area contributed by atoms with E-state index in [1.165, 1.54) is 4.72 Å². The van der Waals surface area contributed by atoms with Crippen LogP contribution >= 0.6 is 0 Å². The first kappa shape index (κ1) is 6.89. The van der Waals surface area contributed by atoms with Gasteiger partial charge in [-0.3, -0.25) is 4.72 Å². The number of nitrogens with zero attached hydrogens (tertiary/aromatic N) is 3. The van der Waals surface area contributed by atoms with Gasteiger partial charge in [-0.25, -0.2) is 8.42 Å². The fraction of sp³-hybridized carbons (Fsp3) is 0. The Labute approximate surface area is 55.5 Å². The minimum atomic E-state index is -4.53. The number of rotatable bonds is 2. The number of anilines is 1. The molecule has 10 heavy (non-hydrogen) atoms. The summed E-state index contributed by atoms with van der Waals surface area (Å²) < 4.78 is 31.2. The normalized spacial score (nSPS) is 11.3. The second kappa shape index (κ2) is 2.19. The monoisotopic (exact) mass is 164 g/mol. The van der Waals surface area contributed by atoms with Crippen LogP contribution in [-0.4, -0.2) is 33.6 Å². The van der Waals surface area contributed by atoms with Crippen LogP contribution in [0.4, 0.5) is 5.95 Å². The van der Waals surface area contributed by atoms with Gasteiger partial charge in [0.15, 0.2) is 10.3 Å². The molecule has 0 bridgehead atoms. The van der Waals surface area contributed by atoms with Gasteiger partial charge in [0.25, 0.3) is 5.95 Å². The largest absolute Gasteiger partial charge is 0.731 e. The molecule has 0 atom stereocenters. The third kappa shape index (κ3) is 1.95. The summed E-state index contributed by atoms with van der Waals surface area (Å²) in [4.78, 5) is 0. The number of hydrogen-bond acceptors (Lipinski definition) is 6. The van der Waals surface area contributed by atoms with Crippen molar-refractivity contribution in [1.82, 2.24) is 20.6 Å². The quantitative estimate of drug-likeness (QED) is 0.490. The Morgan fingerprint density at radius 1 is 1.60 bits per heavy atom. The zero-order valence-corrected chi connectivity index (χ0v) is 5.29. The van der Waals surface area contributed by atoms with E-state index in [2.05, 4.69) is 15.4 Å². The first-order valence-corrected chi connectivity index (χ1v) is 3.46. The van der Waals surface area contributed by atoms with E-state index in [0.717, 1.165) is 0 Å². The van der Waals surface area contributed by atoms with Crippen molar-refractivity contribution in [3.05, 3.63) is 0 Å². The third-order valence-corrected chi connectivity index (χ3v) is 0.994. The van der Waals surface area contributed by atoms with Crippen LogP contribution < -0.4 is 4.72 Å². The molecule has 0 aromatic carbocycles. The Kier molecular flexibility index (Phi) is 1.51. The van der Waals surface area contributed by atoms with E-state index in [9.17, 15) is 13.0 Å². The van der Waals surface area contributed by atoms with Crippen LogP contribution in [0.1, 0.15) is 0 Å². The molecular formula is CH2N5O3S-. The maximum atomic E-state index is 9.91. The highest BCUT2D eigenvalue weighted by Crippen LogP contribution is 1.91. The van der Waals surface area contributed by atoms with Gasteiger partial charge >= 0.3 is 0 Å². The van der Waals surface area contributed by atoms with E-state index in [0.29, 0.717) is 0 Å². The molecule has 1 aromatic rings. The van der Waals surface area contributed by atoms with Gasteiger partial charge in [-0.2, -0.15) is 5.21 Å². The number of H-pyrrole nitrogens is 1. The first-order valence-electron chi connectivity index (χ1n) is 2.05. The molecule has 0 aliphatic rings. The fourth-order valence-electron chi connectivity index (χ4n) is 0.317. The van der Waals surface area contributed by atoms with Gasteiger partial charge in [-0.05, 0) is 5.21 Å². The van der Waals surface area contributed by atoms with Crippen LogP contribution in [0.5, 0.6) is 0 Å². The molecule has 0 unspecified atom stereocenters. The lowest BCUT2D eigenvalue weighted by Crippen LogP contribution is -2.11. The molecule has 9 heteroatoms. The van der Waals surface area contributed by atoms with E-state index in [4.69, 9.17) is 0 Å². The first-order chi connectivity index (χ1) is 4.58. The highest BCUT2D eigenvalue weighted by atomic mass is 32.2. The van der Waals surface area contributed by atoms with E-state index < -0.39 is 10.3 Å². The van der Waals surface area contributed by atoms with Crippen molar-refractivity contribution < 1.29 is 13.0 Å². The van der Waals surface area contributed by atoms with Gasteiger partial charge in [0, 0.05) is 0 Å². The summed E-state index contributed by atoms with van der Waals surface area (Å²) >= 11 is 0. The second-order valence-electron chi connectivity index (χ2n) is 1.29. The maximum absolute atomic E-state index is 9.91. The lowest BCUT2D eigenvalue weighted by Gasteiger charge is -2.03. The summed E-state index contributed by atoms with van der Waals surface area (Å²) in [6, 6.07) is 0. The molecule has 2 N–H and O–H groups in total. The van der Waals surface area contributed by atoms with Crippen molar-refractivity contribution in [2.45, 2.75) is 0 Å². The summed E-state index contributed by atoms with van der Waals surface area (Å²) in [5.74, 6) is -0.366. The summed E-state index contributed by atoms with van der Waals surface area (Å²) in [6.07, 6.45) is 0. The summed E-state index contributed by atoms with van der Waals surface area (Å²) in [5, 5.41) is 11.3. The van der Waals surface area contributed by atoms with E-state index in [-0.39, 0.29) is 5.95 Å². The Morgan fingerprint density at radius 2 is 2.30 bits per heavy atom. The molecule has 1 rings (SSSR count). The van der Waals surface area contributed by atoms with Crippen molar-refractivity contribution in [3.63, 3.8) is 0 Å². The molecule has 0 saturated carbocycles. The number of aromatic nitrogens is 4. The number of tetrazole rings is 1. The minimum Gasteiger partial charge on any atom is -0.731 e. The topological polar surface area (TPSA) is 124 Å². The zero-order valence-electron chi connectivity index (χ0n) is 4.47. The number of hydrogen-bond donors (Lipinski definition) is 2. The number of nitrogens with one attached hydrogen (secondary N) is 2. The highest BCUT2D eigenvalue weighted by molar-refractivity contribution is 7.87. The molecule has 0 aliphatic heterocycles. The van der Waals surface area contributed by atoms with Gasteiger partial charge < -0.3 is 4.55 Å². The van der Waals surface area contributed by atoms with Crippen LogP contribution in [0.3, 0.4) is 0 Å². The van der Waals surface area contributed by atoms with Crippen molar-refractivity contribution in [1.29, 1.82) is 0 Å². The molecular weight excluding hydrogens is 162 g/mol. The lowest BCUT2D eigenvalue weighted by atomic mass is 11.2. The van der Waals surface area contributed by atoms with E-state index in [1.807, 2.05) is 5.21 Å². The predicted octanol–water partition coefficient (Wildman–Crippen LogP) is -1.93.